The summed E-state index contributed by atoms with van der Waals surface area (Å²) in [5, 5.41) is 4.22. The van der Waals surface area contributed by atoms with Gasteiger partial charge in [0.25, 0.3) is 5.91 Å². The summed E-state index contributed by atoms with van der Waals surface area (Å²) in [6, 6.07) is 15.5. The monoisotopic (exact) mass is 395 g/mol. The lowest BCUT2D eigenvalue weighted by molar-refractivity contribution is 0.0704. The number of hydrogen-bond donors (Lipinski definition) is 1. The molecule has 0 atom stereocenters. The van der Waals surface area contributed by atoms with Crippen LogP contribution in [0.25, 0.3) is 11.3 Å². The highest BCUT2D eigenvalue weighted by Gasteiger charge is 2.23. The predicted octanol–water partition coefficient (Wildman–Crippen LogP) is 4.39. The fraction of sp³-hybridized carbons (Fsp3) is 0.273. The van der Waals surface area contributed by atoms with Gasteiger partial charge in [-0.2, -0.15) is 0 Å². The molecular weight excluding hydrogens is 374 g/mol. The van der Waals surface area contributed by atoms with E-state index >= 15 is 0 Å². The van der Waals surface area contributed by atoms with Crippen LogP contribution in [0, 0.1) is 0 Å². The number of aromatic nitrogens is 1. The Bertz CT molecular complexity index is 934. The number of rotatable bonds is 5. The van der Waals surface area contributed by atoms with E-state index in [2.05, 4.69) is 10.3 Å². The molecule has 0 radical (unpaired) electrons. The number of carbonyl (C=O) groups excluding carboxylic acids is 1. The van der Waals surface area contributed by atoms with E-state index in [9.17, 15) is 4.79 Å². The molecule has 4 rings (SSSR count). The lowest BCUT2D eigenvalue weighted by Gasteiger charge is -2.32. The molecule has 5 nitrogen and oxygen atoms in total. The zero-order chi connectivity index (χ0) is 19.3. The van der Waals surface area contributed by atoms with Crippen molar-refractivity contribution in [2.75, 3.05) is 13.1 Å². The number of nitrogens with zero attached hydrogens (tertiary/aromatic N) is 2. The van der Waals surface area contributed by atoms with Crippen molar-refractivity contribution in [2.45, 2.75) is 25.4 Å². The minimum absolute atomic E-state index is 0.0799. The lowest BCUT2D eigenvalue weighted by Crippen LogP contribution is -2.44. The topological polar surface area (TPSA) is 58.4 Å². The van der Waals surface area contributed by atoms with E-state index < -0.39 is 0 Å². The van der Waals surface area contributed by atoms with Crippen LogP contribution in [0.15, 0.2) is 65.3 Å². The molecule has 2 aromatic heterocycles. The first-order valence-electron chi connectivity index (χ1n) is 9.47. The van der Waals surface area contributed by atoms with Gasteiger partial charge >= 0.3 is 0 Å². The highest BCUT2D eigenvalue weighted by atomic mass is 35.5. The molecule has 1 saturated heterocycles. The number of piperidine rings is 1. The number of furan rings is 1. The van der Waals surface area contributed by atoms with Gasteiger partial charge in [-0.1, -0.05) is 23.7 Å². The molecule has 1 amide bonds. The average molecular weight is 396 g/mol. The maximum absolute atomic E-state index is 12.5. The van der Waals surface area contributed by atoms with Crippen molar-refractivity contribution in [2.24, 2.45) is 0 Å². The molecule has 1 fully saturated rings. The molecule has 0 aliphatic carbocycles. The van der Waals surface area contributed by atoms with Crippen LogP contribution >= 0.6 is 11.6 Å². The number of carbonyl (C=O) groups is 1. The molecule has 3 heterocycles. The van der Waals surface area contributed by atoms with Crippen molar-refractivity contribution >= 4 is 17.5 Å². The van der Waals surface area contributed by atoms with Crippen LogP contribution < -0.4 is 5.32 Å². The molecule has 1 N–H and O–H groups in total. The smallest absolute Gasteiger partial charge is 0.253 e. The summed E-state index contributed by atoms with van der Waals surface area (Å²) in [6.07, 6.45) is 5.16. The number of amides is 1. The van der Waals surface area contributed by atoms with Crippen LogP contribution in [-0.2, 0) is 6.54 Å². The largest absolute Gasteiger partial charge is 0.460 e. The van der Waals surface area contributed by atoms with Crippen molar-refractivity contribution in [1.29, 1.82) is 0 Å². The van der Waals surface area contributed by atoms with Gasteiger partial charge in [-0.25, -0.2) is 0 Å². The van der Waals surface area contributed by atoms with Crippen molar-refractivity contribution in [3.63, 3.8) is 0 Å². The second-order valence-electron chi connectivity index (χ2n) is 6.93. The van der Waals surface area contributed by atoms with E-state index in [4.69, 9.17) is 16.0 Å². The number of hydrogen-bond acceptors (Lipinski definition) is 4. The molecular formula is C22H22ClN3O2. The molecule has 1 aliphatic rings. The van der Waals surface area contributed by atoms with Gasteiger partial charge in [0.2, 0.25) is 0 Å². The molecule has 1 aromatic carbocycles. The molecule has 28 heavy (non-hydrogen) atoms. The lowest BCUT2D eigenvalue weighted by atomic mass is 10.0. The zero-order valence-corrected chi connectivity index (χ0v) is 16.2. The Labute approximate surface area is 169 Å². The van der Waals surface area contributed by atoms with Gasteiger partial charge in [0.05, 0.1) is 11.6 Å². The summed E-state index contributed by atoms with van der Waals surface area (Å²) in [4.78, 5) is 18.4. The molecule has 144 valence electrons. The number of benzene rings is 1. The van der Waals surface area contributed by atoms with E-state index in [1.807, 2.05) is 41.3 Å². The van der Waals surface area contributed by atoms with Gasteiger partial charge in [0, 0.05) is 42.7 Å². The van der Waals surface area contributed by atoms with E-state index in [1.54, 1.807) is 24.5 Å². The number of pyridine rings is 1. The predicted molar refractivity (Wildman–Crippen MR) is 109 cm³/mol. The maximum Gasteiger partial charge on any atom is 0.253 e. The highest BCUT2D eigenvalue weighted by molar-refractivity contribution is 6.33. The first-order chi connectivity index (χ1) is 13.7. The van der Waals surface area contributed by atoms with E-state index in [1.165, 1.54) is 0 Å². The van der Waals surface area contributed by atoms with Crippen LogP contribution in [-0.4, -0.2) is 34.9 Å². The molecule has 0 saturated carbocycles. The van der Waals surface area contributed by atoms with Crippen LogP contribution in [0.2, 0.25) is 5.02 Å². The fourth-order valence-corrected chi connectivity index (χ4v) is 3.72. The standard InChI is InChI=1S/C22H22ClN3O2/c23-20-4-2-1-3-19(20)21-6-5-18(28-21)15-25-17-9-13-26(14-10-17)22(27)16-7-11-24-12-8-16/h1-8,11-12,17,25H,9-10,13-15H2. The van der Waals surface area contributed by atoms with Gasteiger partial charge in [-0.15, -0.1) is 0 Å². The van der Waals surface area contributed by atoms with Gasteiger partial charge in [-0.05, 0) is 49.2 Å². The average Bonchev–Trinajstić information content (AvgIpc) is 3.22. The Balaban J connectivity index is 1.28. The summed E-state index contributed by atoms with van der Waals surface area (Å²) in [5.74, 6) is 1.74. The van der Waals surface area contributed by atoms with E-state index in [0.717, 1.165) is 43.0 Å². The third-order valence-electron chi connectivity index (χ3n) is 5.08. The van der Waals surface area contributed by atoms with Crippen LogP contribution in [0.4, 0.5) is 0 Å². The van der Waals surface area contributed by atoms with Gasteiger partial charge in [0.1, 0.15) is 11.5 Å². The van der Waals surface area contributed by atoms with E-state index in [0.29, 0.717) is 23.2 Å². The van der Waals surface area contributed by atoms with Crippen LogP contribution in [0.5, 0.6) is 0 Å². The van der Waals surface area contributed by atoms with Gasteiger partial charge in [-0.3, -0.25) is 9.78 Å². The Morgan fingerprint density at radius 1 is 1.11 bits per heavy atom. The van der Waals surface area contributed by atoms with Crippen LogP contribution in [0.1, 0.15) is 29.0 Å². The van der Waals surface area contributed by atoms with Crippen molar-refractivity contribution in [3.05, 3.63) is 77.3 Å². The number of likely N-dealkylation sites (tertiary alicyclic amines) is 1. The normalized spacial score (nSPS) is 15.0. The Morgan fingerprint density at radius 2 is 1.86 bits per heavy atom. The Morgan fingerprint density at radius 3 is 2.61 bits per heavy atom. The van der Waals surface area contributed by atoms with Crippen molar-refractivity contribution in [1.82, 2.24) is 15.2 Å². The zero-order valence-electron chi connectivity index (χ0n) is 15.5. The van der Waals surface area contributed by atoms with Gasteiger partial charge < -0.3 is 14.6 Å². The number of nitrogens with one attached hydrogen (secondary N) is 1. The van der Waals surface area contributed by atoms with Crippen LogP contribution in [0.3, 0.4) is 0 Å². The van der Waals surface area contributed by atoms with E-state index in [-0.39, 0.29) is 5.91 Å². The van der Waals surface area contributed by atoms with Crippen molar-refractivity contribution in [3.8, 4) is 11.3 Å². The minimum atomic E-state index is 0.0799. The molecule has 1 aliphatic heterocycles. The highest BCUT2D eigenvalue weighted by Crippen LogP contribution is 2.29. The summed E-state index contributed by atoms with van der Waals surface area (Å²) in [7, 11) is 0. The molecule has 0 spiro atoms. The van der Waals surface area contributed by atoms with Gasteiger partial charge in [0.15, 0.2) is 0 Å². The summed E-state index contributed by atoms with van der Waals surface area (Å²) >= 11 is 6.24. The summed E-state index contributed by atoms with van der Waals surface area (Å²) in [6.45, 7) is 2.16. The minimum Gasteiger partial charge on any atom is -0.460 e. The second-order valence-corrected chi connectivity index (χ2v) is 7.34. The molecule has 3 aromatic rings. The first kappa shape index (κ1) is 18.7. The second kappa shape index (κ2) is 8.59. The fourth-order valence-electron chi connectivity index (χ4n) is 3.49. The third-order valence-corrected chi connectivity index (χ3v) is 5.40. The Hall–Kier alpha value is -2.63. The maximum atomic E-state index is 12.5. The van der Waals surface area contributed by atoms with Crippen molar-refractivity contribution < 1.29 is 9.21 Å². The SMILES string of the molecule is O=C(c1ccncc1)N1CCC(NCc2ccc(-c3ccccc3Cl)o2)CC1. The molecule has 6 heteroatoms. The Kier molecular flexibility index (Phi) is 5.74. The molecule has 0 bridgehead atoms. The third kappa shape index (κ3) is 4.26. The number of halogens is 1. The summed E-state index contributed by atoms with van der Waals surface area (Å²) in [5.41, 5.74) is 1.60. The quantitative estimate of drug-likeness (QED) is 0.696. The molecule has 0 unspecified atom stereocenters. The first-order valence-corrected chi connectivity index (χ1v) is 9.85. The summed E-state index contributed by atoms with van der Waals surface area (Å²) < 4.78 is 5.94.